The molecule has 0 atom stereocenters. The van der Waals surface area contributed by atoms with Gasteiger partial charge < -0.3 is 12.4 Å². The number of hydrogen-bond donors (Lipinski definition) is 0. The SMILES string of the molecule is CCCCC[P+](Cc1ccccc1)(Cc1ccccc1)Cc1ccccc1.[Cl-]. The molecule has 0 aliphatic carbocycles. The van der Waals surface area contributed by atoms with E-state index in [9.17, 15) is 0 Å². The van der Waals surface area contributed by atoms with Gasteiger partial charge in [0.05, 0.1) is 24.6 Å². The summed E-state index contributed by atoms with van der Waals surface area (Å²) >= 11 is 0. The van der Waals surface area contributed by atoms with Gasteiger partial charge in [0.2, 0.25) is 0 Å². The van der Waals surface area contributed by atoms with Gasteiger partial charge in [0.25, 0.3) is 0 Å². The molecule has 0 saturated carbocycles. The summed E-state index contributed by atoms with van der Waals surface area (Å²) in [6.45, 7) is 2.31. The molecule has 3 aromatic rings. The summed E-state index contributed by atoms with van der Waals surface area (Å²) in [5.74, 6) is 0. The fourth-order valence-corrected chi connectivity index (χ4v) is 8.67. The molecule has 0 unspecified atom stereocenters. The number of hydrogen-bond acceptors (Lipinski definition) is 0. The van der Waals surface area contributed by atoms with Crippen LogP contribution in [0.3, 0.4) is 0 Å². The molecule has 2 heteroatoms. The summed E-state index contributed by atoms with van der Waals surface area (Å²) in [5, 5.41) is 0. The quantitative estimate of drug-likeness (QED) is 0.332. The summed E-state index contributed by atoms with van der Waals surface area (Å²) in [6.07, 6.45) is 9.14. The minimum absolute atomic E-state index is 0. The molecule has 3 aromatic carbocycles. The van der Waals surface area contributed by atoms with E-state index >= 15 is 0 Å². The first-order chi connectivity index (χ1) is 13.3. The number of halogens is 1. The first kappa shape index (κ1) is 22.7. The van der Waals surface area contributed by atoms with Crippen molar-refractivity contribution in [3.8, 4) is 0 Å². The third-order valence-electron chi connectivity index (χ3n) is 5.32. The molecule has 0 heterocycles. The Morgan fingerprint density at radius 2 is 0.893 bits per heavy atom. The molecule has 0 aliphatic heterocycles. The van der Waals surface area contributed by atoms with E-state index < -0.39 is 7.26 Å². The van der Waals surface area contributed by atoms with Crippen LogP contribution in [0.25, 0.3) is 0 Å². The van der Waals surface area contributed by atoms with Gasteiger partial charge in [0.1, 0.15) is 0 Å². The molecule has 0 bridgehead atoms. The first-order valence-corrected chi connectivity index (χ1v) is 12.8. The smallest absolute Gasteiger partial charge is 0.0849 e. The Bertz CT molecular complexity index is 670. The zero-order valence-corrected chi connectivity index (χ0v) is 18.6. The molecule has 0 aromatic heterocycles. The highest BCUT2D eigenvalue weighted by atomic mass is 35.5. The van der Waals surface area contributed by atoms with E-state index in [4.69, 9.17) is 0 Å². The highest BCUT2D eigenvalue weighted by molar-refractivity contribution is 7.73. The number of benzene rings is 3. The summed E-state index contributed by atoms with van der Waals surface area (Å²) in [4.78, 5) is 0. The maximum Gasteiger partial charge on any atom is 0.0849 e. The van der Waals surface area contributed by atoms with E-state index in [1.807, 2.05) is 0 Å². The average Bonchev–Trinajstić information content (AvgIpc) is 2.70. The zero-order valence-electron chi connectivity index (χ0n) is 16.9. The normalized spacial score (nSPS) is 11.0. The fourth-order valence-electron chi connectivity index (χ4n) is 4.01. The van der Waals surface area contributed by atoms with Gasteiger partial charge in [-0.1, -0.05) is 111 Å². The van der Waals surface area contributed by atoms with Crippen LogP contribution in [-0.4, -0.2) is 6.16 Å². The van der Waals surface area contributed by atoms with Gasteiger partial charge >= 0.3 is 0 Å². The van der Waals surface area contributed by atoms with Gasteiger partial charge in [0.15, 0.2) is 0 Å². The summed E-state index contributed by atoms with van der Waals surface area (Å²) in [7, 11) is -1.19. The van der Waals surface area contributed by atoms with Crippen molar-refractivity contribution in [1.82, 2.24) is 0 Å². The van der Waals surface area contributed by atoms with Crippen LogP contribution in [0, 0.1) is 0 Å². The minimum atomic E-state index is -1.19. The minimum Gasteiger partial charge on any atom is -1.00 e. The van der Waals surface area contributed by atoms with Gasteiger partial charge in [-0.05, 0) is 23.1 Å². The van der Waals surface area contributed by atoms with Crippen LogP contribution in [0.5, 0.6) is 0 Å². The molecule has 28 heavy (non-hydrogen) atoms. The van der Waals surface area contributed by atoms with Crippen molar-refractivity contribution in [1.29, 1.82) is 0 Å². The third kappa shape index (κ3) is 7.08. The molecule has 3 rings (SSSR count). The van der Waals surface area contributed by atoms with Crippen molar-refractivity contribution in [3.05, 3.63) is 108 Å². The fraction of sp³-hybridized carbons (Fsp3) is 0.308. The standard InChI is InChI=1S/C26H32P.ClH/c1-2-3-13-20-27(21-24-14-7-4-8-15-24,22-25-16-9-5-10-17-25)23-26-18-11-6-12-19-26;/h4-12,14-19H,2-3,13,20-23H2,1H3;1H/q+1;/p-1. The average molecular weight is 411 g/mol. The van der Waals surface area contributed by atoms with Gasteiger partial charge in [-0.3, -0.25) is 0 Å². The Labute approximate surface area is 178 Å². The van der Waals surface area contributed by atoms with E-state index in [1.165, 1.54) is 60.6 Å². The molecule has 0 N–H and O–H groups in total. The van der Waals surface area contributed by atoms with Gasteiger partial charge in [-0.25, -0.2) is 0 Å². The molecule has 148 valence electrons. The Morgan fingerprint density at radius 3 is 1.21 bits per heavy atom. The van der Waals surface area contributed by atoms with Crippen molar-refractivity contribution in [2.24, 2.45) is 0 Å². The Morgan fingerprint density at radius 1 is 0.536 bits per heavy atom. The molecule has 0 saturated heterocycles. The largest absolute Gasteiger partial charge is 1.00 e. The Hall–Kier alpha value is -1.62. The summed E-state index contributed by atoms with van der Waals surface area (Å²) in [6, 6.07) is 33.5. The Balaban J connectivity index is 0.00000280. The lowest BCUT2D eigenvalue weighted by Gasteiger charge is -2.28. The van der Waals surface area contributed by atoms with Crippen molar-refractivity contribution in [2.45, 2.75) is 44.7 Å². The van der Waals surface area contributed by atoms with Crippen molar-refractivity contribution in [3.63, 3.8) is 0 Å². The van der Waals surface area contributed by atoms with Crippen molar-refractivity contribution < 1.29 is 12.4 Å². The molecule has 0 fully saturated rings. The molecule has 0 spiro atoms. The van der Waals surface area contributed by atoms with Crippen LogP contribution in [-0.2, 0) is 18.5 Å². The van der Waals surface area contributed by atoms with E-state index in [1.54, 1.807) is 0 Å². The highest BCUT2D eigenvalue weighted by Crippen LogP contribution is 2.67. The van der Waals surface area contributed by atoms with Crippen LogP contribution in [0.2, 0.25) is 0 Å². The second-order valence-corrected chi connectivity index (χ2v) is 11.8. The monoisotopic (exact) mass is 410 g/mol. The van der Waals surface area contributed by atoms with Crippen molar-refractivity contribution >= 4 is 7.26 Å². The lowest BCUT2D eigenvalue weighted by molar-refractivity contribution is -0.00000574. The first-order valence-electron chi connectivity index (χ1n) is 10.3. The van der Waals surface area contributed by atoms with E-state index in [0.717, 1.165) is 0 Å². The van der Waals surface area contributed by atoms with Crippen LogP contribution in [0.15, 0.2) is 91.0 Å². The molecule has 0 radical (unpaired) electrons. The van der Waals surface area contributed by atoms with E-state index in [-0.39, 0.29) is 12.4 Å². The zero-order chi connectivity index (χ0) is 18.8. The predicted octanol–water partition coefficient (Wildman–Crippen LogP) is 4.80. The van der Waals surface area contributed by atoms with Gasteiger partial charge in [-0.15, -0.1) is 0 Å². The van der Waals surface area contributed by atoms with Gasteiger partial charge in [0, 0.05) is 7.26 Å². The highest BCUT2D eigenvalue weighted by Gasteiger charge is 2.37. The maximum atomic E-state index is 2.32. The lowest BCUT2D eigenvalue weighted by Crippen LogP contribution is -3.00. The molecule has 0 nitrogen and oxygen atoms in total. The van der Waals surface area contributed by atoms with Crippen LogP contribution in [0.1, 0.15) is 42.9 Å². The maximum absolute atomic E-state index is 2.32. The van der Waals surface area contributed by atoms with Crippen LogP contribution < -0.4 is 12.4 Å². The van der Waals surface area contributed by atoms with Crippen LogP contribution in [0.4, 0.5) is 0 Å². The lowest BCUT2D eigenvalue weighted by atomic mass is 10.2. The van der Waals surface area contributed by atoms with Crippen LogP contribution >= 0.6 is 7.26 Å². The predicted molar refractivity (Wildman–Crippen MR) is 122 cm³/mol. The number of unbranched alkanes of at least 4 members (excludes halogenated alkanes) is 2. The number of rotatable bonds is 10. The summed E-state index contributed by atoms with van der Waals surface area (Å²) in [5.41, 5.74) is 4.53. The summed E-state index contributed by atoms with van der Waals surface area (Å²) < 4.78 is 0. The topological polar surface area (TPSA) is 0 Å². The van der Waals surface area contributed by atoms with E-state index in [0.29, 0.717) is 0 Å². The second kappa shape index (κ2) is 12.1. The Kier molecular flexibility index (Phi) is 9.76. The molecule has 0 amide bonds. The second-order valence-electron chi connectivity index (χ2n) is 7.70. The van der Waals surface area contributed by atoms with E-state index in [2.05, 4.69) is 97.9 Å². The third-order valence-corrected chi connectivity index (χ3v) is 9.69. The van der Waals surface area contributed by atoms with Crippen molar-refractivity contribution in [2.75, 3.05) is 6.16 Å². The van der Waals surface area contributed by atoms with Gasteiger partial charge in [-0.2, -0.15) is 0 Å². The molecular formula is C26H32ClP. The molecule has 0 aliphatic rings. The molecular weight excluding hydrogens is 379 g/mol.